The molecule has 19 heavy (non-hydrogen) atoms. The average molecular weight is 268 g/mol. The van der Waals surface area contributed by atoms with E-state index in [1.165, 1.54) is 6.07 Å². The quantitative estimate of drug-likeness (QED) is 0.662. The maximum Gasteiger partial charge on any atom is 0.343 e. The van der Waals surface area contributed by atoms with Gasteiger partial charge in [0.1, 0.15) is 11.3 Å². The van der Waals surface area contributed by atoms with Crippen molar-refractivity contribution in [2.24, 2.45) is 0 Å². The summed E-state index contributed by atoms with van der Waals surface area (Å²) in [6.45, 7) is 4.29. The number of aromatic carboxylic acids is 1. The van der Waals surface area contributed by atoms with Gasteiger partial charge in [0, 0.05) is 0 Å². The highest BCUT2D eigenvalue weighted by Crippen LogP contribution is 2.39. The zero-order valence-corrected chi connectivity index (χ0v) is 11.3. The van der Waals surface area contributed by atoms with Crippen molar-refractivity contribution in [2.75, 3.05) is 6.61 Å². The van der Waals surface area contributed by atoms with Gasteiger partial charge in [-0.1, -0.05) is 20.3 Å². The number of phenolic OH excluding ortho intramolecular Hbond substituents is 1. The van der Waals surface area contributed by atoms with Crippen molar-refractivity contribution in [3.05, 3.63) is 17.2 Å². The van der Waals surface area contributed by atoms with Crippen molar-refractivity contribution in [2.45, 2.75) is 39.5 Å². The topological polar surface area (TPSA) is 87.0 Å². The first-order valence-corrected chi connectivity index (χ1v) is 6.46. The third kappa shape index (κ3) is 3.53. The largest absolute Gasteiger partial charge is 0.504 e. The molecule has 0 amide bonds. The average Bonchev–Trinajstić information content (AvgIpc) is 2.37. The third-order valence-corrected chi connectivity index (χ3v) is 2.77. The Hall–Kier alpha value is -1.91. The highest BCUT2D eigenvalue weighted by Gasteiger charge is 2.23. The van der Waals surface area contributed by atoms with Gasteiger partial charge in [-0.05, 0) is 30.9 Å². The van der Waals surface area contributed by atoms with Crippen LogP contribution in [0.2, 0.25) is 0 Å². The summed E-state index contributed by atoms with van der Waals surface area (Å²) < 4.78 is 5.46. The van der Waals surface area contributed by atoms with Crippen LogP contribution in [-0.4, -0.2) is 27.9 Å². The molecular weight excluding hydrogens is 248 g/mol. The molecule has 0 saturated heterocycles. The van der Waals surface area contributed by atoms with Gasteiger partial charge < -0.3 is 20.1 Å². The third-order valence-electron chi connectivity index (χ3n) is 2.77. The van der Waals surface area contributed by atoms with Crippen molar-refractivity contribution < 1.29 is 24.9 Å². The second kappa shape index (κ2) is 6.87. The van der Waals surface area contributed by atoms with Gasteiger partial charge in [0.2, 0.25) is 0 Å². The van der Waals surface area contributed by atoms with E-state index in [0.29, 0.717) is 18.6 Å². The molecule has 0 fully saturated rings. The van der Waals surface area contributed by atoms with E-state index in [0.717, 1.165) is 19.3 Å². The van der Waals surface area contributed by atoms with E-state index in [9.17, 15) is 15.0 Å². The first-order valence-electron chi connectivity index (χ1n) is 6.46. The van der Waals surface area contributed by atoms with Gasteiger partial charge in [0.25, 0.3) is 0 Å². The fourth-order valence-corrected chi connectivity index (χ4v) is 1.82. The number of aryl methyl sites for hydroxylation is 1. The minimum absolute atomic E-state index is 0.165. The molecule has 5 heteroatoms. The van der Waals surface area contributed by atoms with Crippen molar-refractivity contribution in [3.8, 4) is 17.2 Å². The summed E-state index contributed by atoms with van der Waals surface area (Å²) in [5.74, 6) is -2.21. The maximum atomic E-state index is 11.2. The predicted octanol–water partition coefficient (Wildman–Crippen LogP) is 2.93. The van der Waals surface area contributed by atoms with Crippen molar-refractivity contribution >= 4 is 5.97 Å². The second-order valence-corrected chi connectivity index (χ2v) is 4.36. The minimum Gasteiger partial charge on any atom is -0.504 e. The highest BCUT2D eigenvalue weighted by molar-refractivity contribution is 5.95. The lowest BCUT2D eigenvalue weighted by Gasteiger charge is -2.15. The van der Waals surface area contributed by atoms with Gasteiger partial charge in [-0.3, -0.25) is 0 Å². The number of ether oxygens (including phenoxy) is 1. The van der Waals surface area contributed by atoms with E-state index in [4.69, 9.17) is 9.84 Å². The summed E-state index contributed by atoms with van der Waals surface area (Å²) in [7, 11) is 0. The molecule has 0 unspecified atom stereocenters. The number of hydrogen-bond acceptors (Lipinski definition) is 4. The van der Waals surface area contributed by atoms with Crippen molar-refractivity contribution in [1.29, 1.82) is 0 Å². The van der Waals surface area contributed by atoms with E-state index in [1.54, 1.807) is 0 Å². The molecule has 0 radical (unpaired) electrons. The SMILES string of the molecule is CCCCc1cc(O)c(O)c(C(=O)O)c1OCCC. The first-order chi connectivity index (χ1) is 9.02. The maximum absolute atomic E-state index is 11.2. The van der Waals surface area contributed by atoms with Crippen LogP contribution in [0.1, 0.15) is 49.0 Å². The van der Waals surface area contributed by atoms with E-state index in [2.05, 4.69) is 0 Å². The Balaban J connectivity index is 3.30. The van der Waals surface area contributed by atoms with Gasteiger partial charge >= 0.3 is 5.97 Å². The number of hydrogen-bond donors (Lipinski definition) is 3. The smallest absolute Gasteiger partial charge is 0.343 e. The predicted molar refractivity (Wildman–Crippen MR) is 71.1 cm³/mol. The number of aromatic hydroxyl groups is 2. The molecule has 0 aliphatic heterocycles. The van der Waals surface area contributed by atoms with Crippen LogP contribution in [0, 0.1) is 0 Å². The zero-order chi connectivity index (χ0) is 14.4. The molecule has 0 atom stereocenters. The number of carboxylic acid groups (broad SMARTS) is 1. The van der Waals surface area contributed by atoms with Crippen LogP contribution in [0.25, 0.3) is 0 Å². The lowest BCUT2D eigenvalue weighted by molar-refractivity contribution is 0.0687. The summed E-state index contributed by atoms with van der Waals surface area (Å²) in [6, 6.07) is 1.38. The molecule has 0 saturated carbocycles. The summed E-state index contributed by atoms with van der Waals surface area (Å²) in [4.78, 5) is 11.2. The fraction of sp³-hybridized carbons (Fsp3) is 0.500. The van der Waals surface area contributed by atoms with Gasteiger partial charge in [0.15, 0.2) is 11.5 Å². The Morgan fingerprint density at radius 1 is 1.26 bits per heavy atom. The molecule has 0 aliphatic carbocycles. The molecular formula is C14H20O5. The molecule has 0 aliphatic rings. The second-order valence-electron chi connectivity index (χ2n) is 4.36. The molecule has 1 aromatic carbocycles. The lowest BCUT2D eigenvalue weighted by atomic mass is 10.0. The molecule has 3 N–H and O–H groups in total. The lowest BCUT2D eigenvalue weighted by Crippen LogP contribution is -2.07. The summed E-state index contributed by atoms with van der Waals surface area (Å²) >= 11 is 0. The number of carbonyl (C=O) groups is 1. The molecule has 1 aromatic rings. The van der Waals surface area contributed by atoms with Crippen molar-refractivity contribution in [1.82, 2.24) is 0 Å². The molecule has 5 nitrogen and oxygen atoms in total. The van der Waals surface area contributed by atoms with Gasteiger partial charge in [-0.15, -0.1) is 0 Å². The Morgan fingerprint density at radius 2 is 1.95 bits per heavy atom. The van der Waals surface area contributed by atoms with Crippen molar-refractivity contribution in [3.63, 3.8) is 0 Å². The Bertz CT molecular complexity index is 454. The van der Waals surface area contributed by atoms with Crippen LogP contribution < -0.4 is 4.74 Å². The van der Waals surface area contributed by atoms with Crippen LogP contribution in [0.3, 0.4) is 0 Å². The standard InChI is InChI=1S/C14H20O5/c1-3-5-6-9-8-10(15)12(16)11(14(17)18)13(9)19-7-4-2/h8,15-16H,3-7H2,1-2H3,(H,17,18). The summed E-state index contributed by atoms with van der Waals surface area (Å²) in [5.41, 5.74) is 0.252. The van der Waals surface area contributed by atoms with E-state index < -0.39 is 17.5 Å². The molecule has 0 spiro atoms. The number of rotatable bonds is 7. The van der Waals surface area contributed by atoms with Crippen LogP contribution in [0.4, 0.5) is 0 Å². The number of carboxylic acids is 1. The summed E-state index contributed by atoms with van der Waals surface area (Å²) in [6.07, 6.45) is 3.13. The molecule has 1 rings (SSSR count). The highest BCUT2D eigenvalue weighted by atomic mass is 16.5. The number of unbranched alkanes of at least 4 members (excludes halogenated alkanes) is 1. The monoisotopic (exact) mass is 268 g/mol. The normalized spacial score (nSPS) is 10.4. The molecule has 106 valence electrons. The Morgan fingerprint density at radius 3 is 2.47 bits per heavy atom. The Labute approximate surface area is 112 Å². The number of benzene rings is 1. The van der Waals surface area contributed by atoms with Crippen LogP contribution >= 0.6 is 0 Å². The van der Waals surface area contributed by atoms with Gasteiger partial charge in [-0.25, -0.2) is 4.79 Å². The zero-order valence-electron chi connectivity index (χ0n) is 11.3. The molecule has 0 aromatic heterocycles. The fourth-order valence-electron chi connectivity index (χ4n) is 1.82. The molecule has 0 heterocycles. The summed E-state index contributed by atoms with van der Waals surface area (Å²) in [5, 5.41) is 28.5. The van der Waals surface area contributed by atoms with E-state index in [-0.39, 0.29) is 11.3 Å². The van der Waals surface area contributed by atoms with E-state index in [1.807, 2.05) is 13.8 Å². The molecule has 0 bridgehead atoms. The first kappa shape index (κ1) is 15.1. The van der Waals surface area contributed by atoms with E-state index >= 15 is 0 Å². The van der Waals surface area contributed by atoms with Gasteiger partial charge in [-0.2, -0.15) is 0 Å². The van der Waals surface area contributed by atoms with Crippen LogP contribution in [-0.2, 0) is 6.42 Å². The number of phenols is 2. The van der Waals surface area contributed by atoms with Crippen LogP contribution in [0.5, 0.6) is 17.2 Å². The minimum atomic E-state index is -1.31. The van der Waals surface area contributed by atoms with Gasteiger partial charge in [0.05, 0.1) is 6.61 Å². The Kier molecular flexibility index (Phi) is 5.48. The van der Waals surface area contributed by atoms with Crippen LogP contribution in [0.15, 0.2) is 6.07 Å².